The van der Waals surface area contributed by atoms with Crippen LogP contribution >= 0.6 is 0 Å². The topological polar surface area (TPSA) is 82.1 Å². The maximum absolute atomic E-state index is 11.0. The first-order valence-corrected chi connectivity index (χ1v) is 4.15. The molecule has 0 atom stereocenters. The number of carboxylic acid groups (broad SMARTS) is 1. The smallest absolute Gasteiger partial charge is 0.377 e. The number of esters is 1. The number of carboxylic acids is 1. The molecule has 0 saturated heterocycles. The van der Waals surface area contributed by atoms with Crippen LogP contribution in [0.5, 0.6) is 0 Å². The zero-order valence-electron chi connectivity index (χ0n) is 9.07. The lowest BCUT2D eigenvalue weighted by atomic mass is 10.2. The van der Waals surface area contributed by atoms with E-state index >= 15 is 0 Å². The van der Waals surface area contributed by atoms with Crippen LogP contribution < -0.4 is 0 Å². The van der Waals surface area contributed by atoms with Gasteiger partial charge in [0, 0.05) is 0 Å². The van der Waals surface area contributed by atoms with Gasteiger partial charge in [-0.05, 0) is 20.8 Å². The first-order valence-electron chi connectivity index (χ1n) is 4.15. The van der Waals surface area contributed by atoms with Crippen LogP contribution in [0.1, 0.15) is 20.8 Å². The van der Waals surface area contributed by atoms with Gasteiger partial charge in [-0.2, -0.15) is 4.89 Å². The lowest BCUT2D eigenvalue weighted by molar-refractivity contribution is -0.320. The van der Waals surface area contributed by atoms with Gasteiger partial charge in [0.15, 0.2) is 0 Å². The molecule has 0 heterocycles. The van der Waals surface area contributed by atoms with Crippen LogP contribution in [0.15, 0.2) is 11.8 Å². The van der Waals surface area contributed by atoms with Crippen LogP contribution in [0.25, 0.3) is 0 Å². The minimum Gasteiger partial charge on any atom is -0.478 e. The maximum Gasteiger partial charge on any atom is 0.377 e. The van der Waals surface area contributed by atoms with Crippen molar-refractivity contribution in [2.24, 2.45) is 0 Å². The molecular formula is C9H14O6. The molecule has 0 bridgehead atoms. The van der Waals surface area contributed by atoms with Gasteiger partial charge in [0.2, 0.25) is 0 Å². The van der Waals surface area contributed by atoms with Crippen molar-refractivity contribution in [1.82, 2.24) is 0 Å². The maximum atomic E-state index is 11.0. The van der Waals surface area contributed by atoms with Crippen LogP contribution in [0.4, 0.5) is 0 Å². The van der Waals surface area contributed by atoms with E-state index in [0.29, 0.717) is 6.08 Å². The summed E-state index contributed by atoms with van der Waals surface area (Å²) in [6.45, 7) is 5.05. The SMILES string of the molecule is COC(=O)C(=CC(=O)O)OOC(C)(C)C. The third-order valence-corrected chi connectivity index (χ3v) is 1.02. The largest absolute Gasteiger partial charge is 0.478 e. The molecule has 0 aliphatic heterocycles. The summed E-state index contributed by atoms with van der Waals surface area (Å²) < 4.78 is 4.30. The quantitative estimate of drug-likeness (QED) is 0.248. The summed E-state index contributed by atoms with van der Waals surface area (Å²) in [7, 11) is 1.11. The number of carbonyl (C=O) groups excluding carboxylic acids is 1. The van der Waals surface area contributed by atoms with E-state index in [1.807, 2.05) is 0 Å². The molecule has 0 aliphatic rings. The Bertz CT molecular complexity index is 273. The first-order chi connectivity index (χ1) is 6.76. The third kappa shape index (κ3) is 6.50. The monoisotopic (exact) mass is 218 g/mol. The number of hydrogen-bond donors (Lipinski definition) is 1. The number of hydrogen-bond acceptors (Lipinski definition) is 5. The summed E-state index contributed by atoms with van der Waals surface area (Å²) >= 11 is 0. The third-order valence-electron chi connectivity index (χ3n) is 1.02. The fourth-order valence-electron chi connectivity index (χ4n) is 0.500. The fraction of sp³-hybridized carbons (Fsp3) is 0.556. The molecule has 6 nitrogen and oxygen atoms in total. The molecule has 6 heteroatoms. The highest BCUT2D eigenvalue weighted by atomic mass is 17.2. The molecule has 0 saturated carbocycles. The van der Waals surface area contributed by atoms with Gasteiger partial charge in [-0.25, -0.2) is 9.59 Å². The normalized spacial score (nSPS) is 12.1. The molecule has 0 spiro atoms. The molecule has 0 aromatic rings. The Morgan fingerprint density at radius 1 is 1.27 bits per heavy atom. The molecule has 15 heavy (non-hydrogen) atoms. The van der Waals surface area contributed by atoms with Crippen molar-refractivity contribution in [2.75, 3.05) is 7.11 Å². The number of carbonyl (C=O) groups is 2. The van der Waals surface area contributed by atoms with E-state index in [9.17, 15) is 9.59 Å². The van der Waals surface area contributed by atoms with Crippen molar-refractivity contribution in [1.29, 1.82) is 0 Å². The summed E-state index contributed by atoms with van der Waals surface area (Å²) in [6, 6.07) is 0. The standard InChI is InChI=1S/C9H14O6/c1-9(2,3)15-14-6(5-7(10)11)8(12)13-4/h5H,1-4H3,(H,10,11). The van der Waals surface area contributed by atoms with Crippen molar-refractivity contribution >= 4 is 11.9 Å². The number of rotatable bonds is 4. The van der Waals surface area contributed by atoms with Crippen LogP contribution in [0.2, 0.25) is 0 Å². The minimum absolute atomic E-state index is 0.514. The highest BCUT2D eigenvalue weighted by molar-refractivity contribution is 5.93. The summed E-state index contributed by atoms with van der Waals surface area (Å²) in [6.07, 6.45) is 0.567. The molecule has 0 aromatic heterocycles. The highest BCUT2D eigenvalue weighted by Gasteiger charge is 2.19. The Balaban J connectivity index is 4.54. The molecule has 1 N–H and O–H groups in total. The van der Waals surface area contributed by atoms with Crippen molar-refractivity contribution in [3.8, 4) is 0 Å². The first kappa shape index (κ1) is 13.4. The Morgan fingerprint density at radius 3 is 2.13 bits per heavy atom. The molecule has 0 fully saturated rings. The van der Waals surface area contributed by atoms with Gasteiger partial charge in [0.05, 0.1) is 13.2 Å². The van der Waals surface area contributed by atoms with E-state index in [-0.39, 0.29) is 0 Å². The van der Waals surface area contributed by atoms with Gasteiger partial charge >= 0.3 is 11.9 Å². The second-order valence-electron chi connectivity index (χ2n) is 3.62. The number of aliphatic carboxylic acids is 1. The van der Waals surface area contributed by atoms with E-state index in [1.54, 1.807) is 20.8 Å². The predicted molar refractivity (Wildman–Crippen MR) is 49.7 cm³/mol. The molecule has 0 amide bonds. The second-order valence-corrected chi connectivity index (χ2v) is 3.62. The second kappa shape index (κ2) is 5.35. The molecule has 0 aromatic carbocycles. The Labute approximate surface area is 87.4 Å². The zero-order valence-corrected chi connectivity index (χ0v) is 9.07. The predicted octanol–water partition coefficient (Wildman–Crippen LogP) is 0.875. The molecular weight excluding hydrogens is 204 g/mol. The Hall–Kier alpha value is -1.56. The van der Waals surface area contributed by atoms with Crippen LogP contribution in [-0.4, -0.2) is 29.8 Å². The van der Waals surface area contributed by atoms with Crippen molar-refractivity contribution in [3.05, 3.63) is 11.8 Å². The van der Waals surface area contributed by atoms with E-state index in [1.165, 1.54) is 0 Å². The lowest BCUT2D eigenvalue weighted by Gasteiger charge is -2.17. The Kier molecular flexibility index (Phi) is 4.80. The van der Waals surface area contributed by atoms with E-state index in [2.05, 4.69) is 9.62 Å². The molecule has 0 unspecified atom stereocenters. The van der Waals surface area contributed by atoms with Crippen molar-refractivity contribution in [2.45, 2.75) is 26.4 Å². The summed E-state index contributed by atoms with van der Waals surface area (Å²) in [4.78, 5) is 30.7. The zero-order chi connectivity index (χ0) is 12.1. The van der Waals surface area contributed by atoms with Gasteiger partial charge in [-0.3, -0.25) is 0 Å². The van der Waals surface area contributed by atoms with Crippen LogP contribution in [0, 0.1) is 0 Å². The lowest BCUT2D eigenvalue weighted by Crippen LogP contribution is -2.21. The van der Waals surface area contributed by atoms with Crippen molar-refractivity contribution in [3.63, 3.8) is 0 Å². The van der Waals surface area contributed by atoms with E-state index in [4.69, 9.17) is 9.99 Å². The molecule has 86 valence electrons. The molecule has 0 aliphatic carbocycles. The summed E-state index contributed by atoms with van der Waals surface area (Å²) in [5, 5.41) is 8.44. The van der Waals surface area contributed by atoms with Gasteiger partial charge in [0.25, 0.3) is 5.76 Å². The highest BCUT2D eigenvalue weighted by Crippen LogP contribution is 2.11. The average molecular weight is 218 g/mol. The van der Waals surface area contributed by atoms with Gasteiger partial charge in [0.1, 0.15) is 5.60 Å². The summed E-state index contributed by atoms with van der Waals surface area (Å²) in [5.41, 5.74) is -0.661. The van der Waals surface area contributed by atoms with Crippen LogP contribution in [-0.2, 0) is 24.1 Å². The van der Waals surface area contributed by atoms with E-state index in [0.717, 1.165) is 7.11 Å². The van der Waals surface area contributed by atoms with Gasteiger partial charge in [-0.1, -0.05) is 0 Å². The average Bonchev–Trinajstić information content (AvgIpc) is 2.09. The van der Waals surface area contributed by atoms with Crippen molar-refractivity contribution < 1.29 is 29.2 Å². The van der Waals surface area contributed by atoms with Gasteiger partial charge in [-0.15, -0.1) is 0 Å². The van der Waals surface area contributed by atoms with E-state index < -0.39 is 23.3 Å². The number of ether oxygens (including phenoxy) is 1. The van der Waals surface area contributed by atoms with Gasteiger partial charge < -0.3 is 14.7 Å². The molecule has 0 rings (SSSR count). The summed E-state index contributed by atoms with van der Waals surface area (Å²) in [5.74, 6) is -2.76. The number of methoxy groups -OCH3 is 1. The minimum atomic E-state index is -1.33. The van der Waals surface area contributed by atoms with Crippen LogP contribution in [0.3, 0.4) is 0 Å². The fourth-order valence-corrected chi connectivity index (χ4v) is 0.500. The molecule has 0 radical (unpaired) electrons. The Morgan fingerprint density at radius 2 is 1.80 bits per heavy atom.